The van der Waals surface area contributed by atoms with Crippen molar-refractivity contribution in [3.8, 4) is 11.5 Å². The number of fused-ring (bicyclic) bond motifs is 1. The minimum Gasteiger partial charge on any atom is -0.486 e. The molecule has 2 rings (SSSR count). The maximum atomic E-state index is 12.4. The maximum Gasteiger partial charge on any atom is 0.252 e. The molecule has 1 aromatic carbocycles. The zero-order valence-electron chi connectivity index (χ0n) is 13.4. The minimum atomic E-state index is -0.598. The number of rotatable bonds is 5. The molecule has 23 heavy (non-hydrogen) atoms. The summed E-state index contributed by atoms with van der Waals surface area (Å²) in [6.07, 6.45) is 0.545. The van der Waals surface area contributed by atoms with Crippen LogP contribution < -0.4 is 20.1 Å². The fraction of sp³-hybridized carbons (Fsp3) is 0.500. The number of hydrogen-bond acceptors (Lipinski definition) is 4. The van der Waals surface area contributed by atoms with Crippen LogP contribution in [-0.4, -0.2) is 38.1 Å². The van der Waals surface area contributed by atoms with Gasteiger partial charge in [0.05, 0.1) is 5.02 Å². The molecule has 1 aliphatic rings. The lowest BCUT2D eigenvalue weighted by molar-refractivity contribution is -0.122. The van der Waals surface area contributed by atoms with Gasteiger partial charge in [0.15, 0.2) is 11.5 Å². The van der Waals surface area contributed by atoms with Crippen molar-refractivity contribution in [2.45, 2.75) is 26.3 Å². The Kier molecular flexibility index (Phi) is 5.71. The highest BCUT2D eigenvalue weighted by Gasteiger charge is 2.24. The number of carbonyl (C=O) groups is 2. The topological polar surface area (TPSA) is 76.7 Å². The third-order valence-electron chi connectivity index (χ3n) is 3.43. The first kappa shape index (κ1) is 17.4. The summed E-state index contributed by atoms with van der Waals surface area (Å²) in [5, 5.41) is 5.62. The van der Waals surface area contributed by atoms with E-state index < -0.39 is 6.04 Å². The molecular formula is C16H21ClN2O4. The zero-order valence-corrected chi connectivity index (χ0v) is 14.2. The zero-order chi connectivity index (χ0) is 17.0. The Morgan fingerprint density at radius 2 is 1.96 bits per heavy atom. The van der Waals surface area contributed by atoms with Gasteiger partial charge in [-0.2, -0.15) is 0 Å². The van der Waals surface area contributed by atoms with Crippen molar-refractivity contribution < 1.29 is 19.1 Å². The Morgan fingerprint density at radius 1 is 1.26 bits per heavy atom. The van der Waals surface area contributed by atoms with Crippen molar-refractivity contribution in [2.24, 2.45) is 5.92 Å². The average Bonchev–Trinajstić information content (AvgIpc) is 2.53. The molecule has 6 nitrogen and oxygen atoms in total. The Balaban J connectivity index is 2.18. The predicted molar refractivity (Wildman–Crippen MR) is 87.2 cm³/mol. The van der Waals surface area contributed by atoms with Gasteiger partial charge < -0.3 is 20.1 Å². The minimum absolute atomic E-state index is 0.226. The van der Waals surface area contributed by atoms with Crippen molar-refractivity contribution in [1.29, 1.82) is 0 Å². The summed E-state index contributed by atoms with van der Waals surface area (Å²) in [6.45, 7) is 4.81. The van der Waals surface area contributed by atoms with Crippen LogP contribution in [0.2, 0.25) is 5.02 Å². The predicted octanol–water partition coefficient (Wildman–Crippen LogP) is 2.00. The normalized spacial score (nSPS) is 14.3. The van der Waals surface area contributed by atoms with E-state index in [0.29, 0.717) is 41.7 Å². The van der Waals surface area contributed by atoms with Crippen molar-refractivity contribution in [3.05, 3.63) is 22.7 Å². The average molecular weight is 341 g/mol. The molecule has 1 unspecified atom stereocenters. The number of nitrogens with one attached hydrogen (secondary N) is 2. The van der Waals surface area contributed by atoms with Crippen molar-refractivity contribution in [1.82, 2.24) is 10.6 Å². The highest BCUT2D eigenvalue weighted by atomic mass is 35.5. The van der Waals surface area contributed by atoms with Crippen molar-refractivity contribution >= 4 is 23.4 Å². The van der Waals surface area contributed by atoms with Gasteiger partial charge in [0.1, 0.15) is 19.3 Å². The Morgan fingerprint density at radius 3 is 2.61 bits per heavy atom. The summed E-state index contributed by atoms with van der Waals surface area (Å²) in [6, 6.07) is 2.49. The van der Waals surface area contributed by atoms with E-state index in [9.17, 15) is 9.59 Å². The van der Waals surface area contributed by atoms with Crippen LogP contribution in [0.1, 0.15) is 30.6 Å². The molecule has 0 aliphatic carbocycles. The van der Waals surface area contributed by atoms with Crippen LogP contribution in [0.5, 0.6) is 11.5 Å². The first-order valence-corrected chi connectivity index (χ1v) is 7.91. The van der Waals surface area contributed by atoms with E-state index in [2.05, 4.69) is 10.6 Å². The summed E-state index contributed by atoms with van der Waals surface area (Å²) in [5.41, 5.74) is 0.330. The highest BCUT2D eigenvalue weighted by molar-refractivity contribution is 6.32. The molecule has 0 bridgehead atoms. The van der Waals surface area contributed by atoms with Crippen molar-refractivity contribution in [3.63, 3.8) is 0 Å². The van der Waals surface area contributed by atoms with E-state index in [4.69, 9.17) is 21.1 Å². The molecule has 1 aromatic rings. The van der Waals surface area contributed by atoms with Crippen LogP contribution in [0, 0.1) is 5.92 Å². The summed E-state index contributed by atoms with van der Waals surface area (Å²) in [7, 11) is 1.54. The third-order valence-corrected chi connectivity index (χ3v) is 3.72. The lowest BCUT2D eigenvalue weighted by Crippen LogP contribution is -2.46. The Labute approximate surface area is 140 Å². The van der Waals surface area contributed by atoms with Gasteiger partial charge in [-0.25, -0.2) is 0 Å². The molecule has 1 aliphatic heterocycles. The number of likely N-dealkylation sites (N-methyl/N-ethyl adjacent to an activating group) is 1. The summed E-state index contributed by atoms with van der Waals surface area (Å²) in [4.78, 5) is 24.4. The van der Waals surface area contributed by atoms with E-state index in [-0.39, 0.29) is 17.7 Å². The van der Waals surface area contributed by atoms with E-state index in [1.165, 1.54) is 6.07 Å². The van der Waals surface area contributed by atoms with E-state index in [1.807, 2.05) is 13.8 Å². The van der Waals surface area contributed by atoms with Crippen LogP contribution in [0.4, 0.5) is 0 Å². The number of hydrogen-bond donors (Lipinski definition) is 2. The smallest absolute Gasteiger partial charge is 0.252 e. The fourth-order valence-electron chi connectivity index (χ4n) is 2.36. The molecule has 7 heteroatoms. The lowest BCUT2D eigenvalue weighted by atomic mass is 10.0. The van der Waals surface area contributed by atoms with Crippen LogP contribution >= 0.6 is 11.6 Å². The Hall–Kier alpha value is -1.95. The number of benzene rings is 1. The first-order valence-electron chi connectivity index (χ1n) is 7.54. The first-order chi connectivity index (χ1) is 10.9. The molecule has 0 spiro atoms. The molecule has 0 fully saturated rings. The molecule has 126 valence electrons. The van der Waals surface area contributed by atoms with Gasteiger partial charge in [-0.1, -0.05) is 25.4 Å². The molecule has 0 saturated heterocycles. The van der Waals surface area contributed by atoms with Crippen molar-refractivity contribution in [2.75, 3.05) is 20.3 Å². The quantitative estimate of drug-likeness (QED) is 0.859. The van der Waals surface area contributed by atoms with Crippen LogP contribution in [0.3, 0.4) is 0 Å². The monoisotopic (exact) mass is 340 g/mol. The largest absolute Gasteiger partial charge is 0.486 e. The third kappa shape index (κ3) is 4.28. The van der Waals surface area contributed by atoms with E-state index in [0.717, 1.165) is 0 Å². The molecule has 0 aromatic heterocycles. The van der Waals surface area contributed by atoms with Crippen LogP contribution in [-0.2, 0) is 4.79 Å². The molecular weight excluding hydrogens is 320 g/mol. The standard InChI is InChI=1S/C16H21ClN2O4/c1-9(2)6-12(16(21)18-3)19-15(20)10-7-11(17)14-13(8-10)22-4-5-23-14/h7-9,12H,4-6H2,1-3H3,(H,18,21)(H,19,20). The fourth-order valence-corrected chi connectivity index (χ4v) is 2.63. The maximum absolute atomic E-state index is 12.4. The summed E-state index contributed by atoms with van der Waals surface area (Å²) < 4.78 is 10.9. The number of halogens is 1. The van der Waals surface area contributed by atoms with Crippen LogP contribution in [0.15, 0.2) is 12.1 Å². The molecule has 1 heterocycles. The number of ether oxygens (including phenoxy) is 2. The lowest BCUT2D eigenvalue weighted by Gasteiger charge is -2.22. The second-order valence-electron chi connectivity index (χ2n) is 5.75. The second kappa shape index (κ2) is 7.55. The van der Waals surface area contributed by atoms with E-state index in [1.54, 1.807) is 13.1 Å². The van der Waals surface area contributed by atoms with E-state index >= 15 is 0 Å². The van der Waals surface area contributed by atoms with Gasteiger partial charge in [-0.05, 0) is 24.5 Å². The number of amides is 2. The molecule has 2 amide bonds. The highest BCUT2D eigenvalue weighted by Crippen LogP contribution is 2.38. The van der Waals surface area contributed by atoms with Gasteiger partial charge in [0.2, 0.25) is 5.91 Å². The van der Waals surface area contributed by atoms with Crippen LogP contribution in [0.25, 0.3) is 0 Å². The summed E-state index contributed by atoms with van der Waals surface area (Å²) in [5.74, 6) is 0.545. The Bertz CT molecular complexity index is 604. The molecule has 2 N–H and O–H groups in total. The SMILES string of the molecule is CNC(=O)C(CC(C)C)NC(=O)c1cc(Cl)c2c(c1)OCCO2. The van der Waals surface area contributed by atoms with Gasteiger partial charge >= 0.3 is 0 Å². The second-order valence-corrected chi connectivity index (χ2v) is 6.16. The van der Waals surface area contributed by atoms with Gasteiger partial charge in [-0.3, -0.25) is 9.59 Å². The number of carbonyl (C=O) groups excluding carboxylic acids is 2. The van der Waals surface area contributed by atoms with Gasteiger partial charge in [0, 0.05) is 12.6 Å². The molecule has 1 atom stereocenters. The molecule has 0 radical (unpaired) electrons. The van der Waals surface area contributed by atoms with Gasteiger partial charge in [0.25, 0.3) is 5.91 Å². The van der Waals surface area contributed by atoms with Gasteiger partial charge in [-0.15, -0.1) is 0 Å². The summed E-state index contributed by atoms with van der Waals surface area (Å²) >= 11 is 6.14. The molecule has 0 saturated carbocycles.